The normalized spacial score (nSPS) is 13.9. The quantitative estimate of drug-likeness (QED) is 0.584. The third-order valence-electron chi connectivity index (χ3n) is 4.32. The molecular formula is C18H19N7O2S. The summed E-state index contributed by atoms with van der Waals surface area (Å²) in [5, 5.41) is 20.4. The first kappa shape index (κ1) is 18.1. The molecule has 2 heterocycles. The van der Waals surface area contributed by atoms with E-state index in [-0.39, 0.29) is 0 Å². The molecule has 3 N–H and O–H groups in total. The summed E-state index contributed by atoms with van der Waals surface area (Å²) in [4.78, 5) is 4.30. The molecule has 0 spiro atoms. The van der Waals surface area contributed by atoms with E-state index < -0.39 is 10.0 Å². The van der Waals surface area contributed by atoms with Gasteiger partial charge in [0.15, 0.2) is 17.2 Å². The van der Waals surface area contributed by atoms with E-state index in [0.717, 1.165) is 30.3 Å². The predicted octanol–water partition coefficient (Wildman–Crippen LogP) is 2.60. The highest BCUT2D eigenvalue weighted by molar-refractivity contribution is 7.92. The van der Waals surface area contributed by atoms with Gasteiger partial charge in [0.1, 0.15) is 6.07 Å². The third-order valence-corrected chi connectivity index (χ3v) is 4.92. The average Bonchev–Trinajstić information content (AvgIpc) is 3.33. The Bertz CT molecular complexity index is 1210. The minimum Gasteiger partial charge on any atom is -0.379 e. The van der Waals surface area contributed by atoms with E-state index in [4.69, 9.17) is 0 Å². The van der Waals surface area contributed by atoms with E-state index >= 15 is 0 Å². The molecule has 1 saturated carbocycles. The van der Waals surface area contributed by atoms with E-state index in [1.165, 1.54) is 10.7 Å². The number of rotatable bonds is 6. The highest BCUT2D eigenvalue weighted by Crippen LogP contribution is 2.30. The molecule has 9 nitrogen and oxygen atoms in total. The maximum Gasteiger partial charge on any atom is 0.229 e. The summed E-state index contributed by atoms with van der Waals surface area (Å²) in [7, 11) is -3.38. The Morgan fingerprint density at radius 2 is 2.04 bits per heavy atom. The van der Waals surface area contributed by atoms with Crippen LogP contribution >= 0.6 is 0 Å². The van der Waals surface area contributed by atoms with Gasteiger partial charge in [-0.05, 0) is 37.5 Å². The second kappa shape index (κ2) is 6.69. The van der Waals surface area contributed by atoms with Gasteiger partial charge in [0, 0.05) is 17.8 Å². The van der Waals surface area contributed by atoms with Crippen molar-refractivity contribution < 1.29 is 8.42 Å². The molecule has 1 aliphatic rings. The first-order valence-electron chi connectivity index (χ1n) is 8.73. The summed E-state index contributed by atoms with van der Waals surface area (Å²) in [5.74, 6) is 0.513. The standard InChI is InChI=1S/C18H19N7O2S/c1-11-3-4-13(7-15(11)24-28(2,26)27)22-17-8-16(21-12-5-6-12)18-20-10-14(9-19)25(18)23-17/h3-4,7-8,10,12,21,24H,5-6H2,1-2H3,(H,22,23). The second-order valence-electron chi connectivity index (χ2n) is 6.88. The second-order valence-corrected chi connectivity index (χ2v) is 8.63. The Morgan fingerprint density at radius 3 is 2.71 bits per heavy atom. The van der Waals surface area contributed by atoms with Gasteiger partial charge in [-0.25, -0.2) is 13.4 Å². The number of nitrogens with one attached hydrogen (secondary N) is 3. The van der Waals surface area contributed by atoms with Gasteiger partial charge in [-0.1, -0.05) is 6.07 Å². The number of aromatic nitrogens is 3. The van der Waals surface area contributed by atoms with Crippen molar-refractivity contribution in [1.29, 1.82) is 5.26 Å². The van der Waals surface area contributed by atoms with Crippen LogP contribution in [-0.2, 0) is 10.0 Å². The number of nitriles is 1. The number of hydrogen-bond acceptors (Lipinski definition) is 7. The lowest BCUT2D eigenvalue weighted by molar-refractivity contribution is 0.607. The minimum atomic E-state index is -3.38. The Morgan fingerprint density at radius 1 is 1.25 bits per heavy atom. The van der Waals surface area contributed by atoms with Gasteiger partial charge in [-0.15, -0.1) is 5.10 Å². The molecule has 0 amide bonds. The zero-order chi connectivity index (χ0) is 19.9. The summed E-state index contributed by atoms with van der Waals surface area (Å²) in [6.45, 7) is 1.82. The fourth-order valence-electron chi connectivity index (χ4n) is 2.82. The van der Waals surface area contributed by atoms with Crippen LogP contribution in [0.25, 0.3) is 5.65 Å². The molecule has 2 aromatic heterocycles. The average molecular weight is 397 g/mol. The van der Waals surface area contributed by atoms with Gasteiger partial charge >= 0.3 is 0 Å². The van der Waals surface area contributed by atoms with E-state index in [1.807, 2.05) is 25.1 Å². The van der Waals surface area contributed by atoms with Gasteiger partial charge in [0.25, 0.3) is 0 Å². The predicted molar refractivity (Wildman–Crippen MR) is 107 cm³/mol. The van der Waals surface area contributed by atoms with Crippen LogP contribution in [0.15, 0.2) is 30.5 Å². The summed E-state index contributed by atoms with van der Waals surface area (Å²) in [5.41, 5.74) is 3.68. The molecule has 28 heavy (non-hydrogen) atoms. The largest absolute Gasteiger partial charge is 0.379 e. The van der Waals surface area contributed by atoms with Gasteiger partial charge in [0.05, 0.1) is 23.8 Å². The monoisotopic (exact) mass is 397 g/mol. The van der Waals surface area contributed by atoms with Gasteiger partial charge in [0.2, 0.25) is 10.0 Å². The van der Waals surface area contributed by atoms with Gasteiger partial charge in [-0.3, -0.25) is 4.72 Å². The van der Waals surface area contributed by atoms with Crippen molar-refractivity contribution in [1.82, 2.24) is 14.6 Å². The molecule has 10 heteroatoms. The fourth-order valence-corrected chi connectivity index (χ4v) is 3.44. The van der Waals surface area contributed by atoms with Crippen molar-refractivity contribution in [3.8, 4) is 6.07 Å². The summed E-state index contributed by atoms with van der Waals surface area (Å²) in [6, 6.07) is 9.69. The molecule has 144 valence electrons. The molecule has 0 bridgehead atoms. The van der Waals surface area contributed by atoms with Crippen LogP contribution < -0.4 is 15.4 Å². The van der Waals surface area contributed by atoms with Crippen LogP contribution in [0.2, 0.25) is 0 Å². The maximum atomic E-state index is 11.6. The van der Waals surface area contributed by atoms with E-state index in [9.17, 15) is 13.7 Å². The molecule has 3 aromatic rings. The summed E-state index contributed by atoms with van der Waals surface area (Å²) in [6.07, 6.45) is 4.80. The number of benzene rings is 1. The Balaban J connectivity index is 1.71. The molecule has 4 rings (SSSR count). The Kier molecular flexibility index (Phi) is 4.31. The molecule has 0 saturated heterocycles. The van der Waals surface area contributed by atoms with Crippen molar-refractivity contribution in [2.24, 2.45) is 0 Å². The molecule has 0 atom stereocenters. The lowest BCUT2D eigenvalue weighted by Gasteiger charge is -2.13. The molecule has 1 aliphatic carbocycles. The first-order valence-corrected chi connectivity index (χ1v) is 10.6. The summed E-state index contributed by atoms with van der Waals surface area (Å²) >= 11 is 0. The van der Waals surface area contributed by atoms with Crippen LogP contribution in [-0.4, -0.2) is 35.3 Å². The number of fused-ring (bicyclic) bond motifs is 1. The molecular weight excluding hydrogens is 378 g/mol. The smallest absolute Gasteiger partial charge is 0.229 e. The number of nitrogens with zero attached hydrogens (tertiary/aromatic N) is 4. The van der Waals surface area contributed by atoms with E-state index in [2.05, 4.69) is 31.5 Å². The van der Waals surface area contributed by atoms with Crippen LogP contribution in [0.3, 0.4) is 0 Å². The van der Waals surface area contributed by atoms with Gasteiger partial charge < -0.3 is 10.6 Å². The van der Waals surface area contributed by atoms with Crippen molar-refractivity contribution in [3.05, 3.63) is 41.7 Å². The van der Waals surface area contributed by atoms with Crippen LogP contribution in [0.5, 0.6) is 0 Å². The van der Waals surface area contributed by atoms with E-state index in [0.29, 0.717) is 34.6 Å². The third kappa shape index (κ3) is 3.84. The maximum absolute atomic E-state index is 11.6. The first-order chi connectivity index (χ1) is 13.3. The molecule has 0 unspecified atom stereocenters. The lowest BCUT2D eigenvalue weighted by Crippen LogP contribution is -2.11. The highest BCUT2D eigenvalue weighted by atomic mass is 32.2. The van der Waals surface area contributed by atoms with Crippen molar-refractivity contribution in [2.45, 2.75) is 25.8 Å². The van der Waals surface area contributed by atoms with Crippen LogP contribution in [0.4, 0.5) is 22.9 Å². The lowest BCUT2D eigenvalue weighted by atomic mass is 10.2. The number of hydrogen-bond donors (Lipinski definition) is 3. The van der Waals surface area contributed by atoms with Crippen molar-refractivity contribution in [3.63, 3.8) is 0 Å². The number of imidazole rings is 1. The zero-order valence-corrected chi connectivity index (χ0v) is 16.2. The Labute approximate surface area is 162 Å². The number of sulfonamides is 1. The molecule has 0 aliphatic heterocycles. The molecule has 1 fully saturated rings. The number of aryl methyl sites for hydroxylation is 1. The topological polar surface area (TPSA) is 124 Å². The van der Waals surface area contributed by atoms with Crippen LogP contribution in [0.1, 0.15) is 24.1 Å². The summed E-state index contributed by atoms with van der Waals surface area (Å²) < 4.78 is 27.1. The van der Waals surface area contributed by atoms with E-state index in [1.54, 1.807) is 6.07 Å². The van der Waals surface area contributed by atoms with Gasteiger partial charge in [-0.2, -0.15) is 9.78 Å². The molecule has 1 aromatic carbocycles. The Hall–Kier alpha value is -3.32. The zero-order valence-electron chi connectivity index (χ0n) is 15.4. The molecule has 0 radical (unpaired) electrons. The SMILES string of the molecule is Cc1ccc(Nc2cc(NC3CC3)c3ncc(C#N)n3n2)cc1NS(C)(=O)=O. The minimum absolute atomic E-state index is 0.334. The fraction of sp³-hybridized carbons (Fsp3) is 0.278. The van der Waals surface area contributed by atoms with Crippen molar-refractivity contribution >= 4 is 38.6 Å². The van der Waals surface area contributed by atoms with Crippen molar-refractivity contribution in [2.75, 3.05) is 21.6 Å². The number of anilines is 4. The highest BCUT2D eigenvalue weighted by Gasteiger charge is 2.23. The van der Waals surface area contributed by atoms with Crippen LogP contribution in [0, 0.1) is 18.3 Å².